The Morgan fingerprint density at radius 2 is 1.67 bits per heavy atom. The van der Waals surface area contributed by atoms with E-state index in [2.05, 4.69) is 9.71 Å². The molecule has 0 aliphatic heterocycles. The van der Waals surface area contributed by atoms with E-state index >= 15 is 0 Å². The predicted octanol–water partition coefficient (Wildman–Crippen LogP) is 2.88. The van der Waals surface area contributed by atoms with E-state index < -0.39 is 10.0 Å². The number of aryl methyl sites for hydroxylation is 4. The quantitative estimate of drug-likeness (QED) is 0.901. The Kier molecular flexibility index (Phi) is 5.00. The molecule has 1 aromatic carbocycles. The van der Waals surface area contributed by atoms with E-state index in [0.29, 0.717) is 21.7 Å². The Morgan fingerprint density at radius 3 is 2.17 bits per heavy atom. The highest BCUT2D eigenvalue weighted by Crippen LogP contribution is 2.28. The van der Waals surface area contributed by atoms with Crippen molar-refractivity contribution in [2.45, 2.75) is 32.6 Å². The van der Waals surface area contributed by atoms with Gasteiger partial charge in [-0.2, -0.15) is 0 Å². The Balaban J connectivity index is 2.41. The molecule has 0 bridgehead atoms. The zero-order chi connectivity index (χ0) is 18.2. The van der Waals surface area contributed by atoms with Gasteiger partial charge in [0.2, 0.25) is 0 Å². The van der Waals surface area contributed by atoms with E-state index in [1.165, 1.54) is 4.90 Å². The van der Waals surface area contributed by atoms with Crippen molar-refractivity contribution in [1.82, 2.24) is 9.88 Å². The van der Waals surface area contributed by atoms with Crippen LogP contribution in [-0.4, -0.2) is 38.3 Å². The summed E-state index contributed by atoms with van der Waals surface area (Å²) in [6.07, 6.45) is 0. The number of hydrogen-bond donors (Lipinski definition) is 1. The highest BCUT2D eigenvalue weighted by Gasteiger charge is 2.23. The molecule has 1 aromatic heterocycles. The molecule has 0 radical (unpaired) electrons. The summed E-state index contributed by atoms with van der Waals surface area (Å²) in [6, 6.07) is 3.66. The number of nitrogens with zero attached hydrogens (tertiary/aromatic N) is 2. The molecule has 2 aromatic rings. The predicted molar refractivity (Wildman–Crippen MR) is 96.3 cm³/mol. The SMILES string of the molecule is Cc1cc(C)c(S(=O)(=O)Nc2nc(C)c(C(=O)N(C)C)s2)c(C)c1. The molecule has 0 aliphatic rings. The van der Waals surface area contributed by atoms with Crippen LogP contribution in [0.5, 0.6) is 0 Å². The Morgan fingerprint density at radius 1 is 1.12 bits per heavy atom. The van der Waals surface area contributed by atoms with Gasteiger partial charge in [0.15, 0.2) is 5.13 Å². The minimum absolute atomic E-state index is 0.192. The third kappa shape index (κ3) is 3.59. The van der Waals surface area contributed by atoms with Gasteiger partial charge in [0.25, 0.3) is 15.9 Å². The smallest absolute Gasteiger partial charge is 0.265 e. The maximum Gasteiger partial charge on any atom is 0.265 e. The molecular formula is C16H21N3O3S2. The van der Waals surface area contributed by atoms with E-state index in [1.54, 1.807) is 34.9 Å². The van der Waals surface area contributed by atoms with Gasteiger partial charge in [0, 0.05) is 14.1 Å². The van der Waals surface area contributed by atoms with E-state index in [1.807, 2.05) is 19.1 Å². The van der Waals surface area contributed by atoms with Crippen LogP contribution in [0.2, 0.25) is 0 Å². The number of benzene rings is 1. The largest absolute Gasteiger partial charge is 0.344 e. The third-order valence-corrected chi connectivity index (χ3v) is 6.33. The number of carbonyl (C=O) groups excluding carboxylic acids is 1. The van der Waals surface area contributed by atoms with E-state index in [0.717, 1.165) is 16.9 Å². The minimum atomic E-state index is -3.77. The fourth-order valence-electron chi connectivity index (χ4n) is 2.60. The topological polar surface area (TPSA) is 79.4 Å². The number of thiazole rings is 1. The lowest BCUT2D eigenvalue weighted by atomic mass is 10.1. The third-order valence-electron chi connectivity index (χ3n) is 3.49. The average Bonchev–Trinajstić information content (AvgIpc) is 2.75. The first-order valence-corrected chi connectivity index (χ1v) is 9.62. The number of aromatic nitrogens is 1. The lowest BCUT2D eigenvalue weighted by Gasteiger charge is -2.12. The summed E-state index contributed by atoms with van der Waals surface area (Å²) in [5.41, 5.74) is 2.87. The second-order valence-corrected chi connectivity index (χ2v) is 8.58. The fraction of sp³-hybridized carbons (Fsp3) is 0.375. The van der Waals surface area contributed by atoms with Crippen molar-refractivity contribution in [2.75, 3.05) is 18.8 Å². The van der Waals surface area contributed by atoms with E-state index in [-0.39, 0.29) is 15.9 Å². The van der Waals surface area contributed by atoms with Gasteiger partial charge in [-0.15, -0.1) is 0 Å². The molecule has 1 heterocycles. The monoisotopic (exact) mass is 367 g/mol. The number of nitrogens with one attached hydrogen (secondary N) is 1. The molecule has 6 nitrogen and oxygen atoms in total. The van der Waals surface area contributed by atoms with Crippen LogP contribution in [-0.2, 0) is 10.0 Å². The molecule has 0 aliphatic carbocycles. The molecule has 1 amide bonds. The normalized spacial score (nSPS) is 11.4. The highest BCUT2D eigenvalue weighted by molar-refractivity contribution is 7.93. The molecule has 0 spiro atoms. The molecule has 2 rings (SSSR count). The lowest BCUT2D eigenvalue weighted by molar-refractivity contribution is 0.0831. The van der Waals surface area contributed by atoms with Crippen molar-refractivity contribution >= 4 is 32.4 Å². The number of hydrogen-bond acceptors (Lipinski definition) is 5. The number of carbonyl (C=O) groups is 1. The maximum atomic E-state index is 12.7. The van der Waals surface area contributed by atoms with Crippen LogP contribution in [0.15, 0.2) is 17.0 Å². The molecule has 1 N–H and O–H groups in total. The summed E-state index contributed by atoms with van der Waals surface area (Å²) in [5.74, 6) is -0.196. The van der Waals surface area contributed by atoms with Gasteiger partial charge in [-0.1, -0.05) is 29.0 Å². The molecule has 0 unspecified atom stereocenters. The van der Waals surface area contributed by atoms with Gasteiger partial charge in [-0.25, -0.2) is 13.4 Å². The standard InChI is InChI=1S/C16H21N3O3S2/c1-9-7-10(2)14(11(3)8-9)24(21,22)18-16-17-12(4)13(23-16)15(20)19(5)6/h7-8H,1-6H3,(H,17,18). The molecule has 130 valence electrons. The Bertz CT molecular complexity index is 876. The van der Waals surface area contributed by atoms with E-state index in [4.69, 9.17) is 0 Å². The average molecular weight is 367 g/mol. The molecule has 24 heavy (non-hydrogen) atoms. The first kappa shape index (κ1) is 18.4. The van der Waals surface area contributed by atoms with Crippen LogP contribution in [0.3, 0.4) is 0 Å². The molecular weight excluding hydrogens is 346 g/mol. The molecule has 8 heteroatoms. The van der Waals surface area contributed by atoms with Crippen LogP contribution in [0.25, 0.3) is 0 Å². The fourth-order valence-corrected chi connectivity index (χ4v) is 5.28. The summed E-state index contributed by atoms with van der Waals surface area (Å²) < 4.78 is 28.0. The van der Waals surface area contributed by atoms with Crippen molar-refractivity contribution in [3.63, 3.8) is 0 Å². The number of amides is 1. The second-order valence-electron chi connectivity index (χ2n) is 5.97. The van der Waals surface area contributed by atoms with Crippen LogP contribution in [0.4, 0.5) is 5.13 Å². The first-order chi connectivity index (χ1) is 11.0. The first-order valence-electron chi connectivity index (χ1n) is 7.32. The number of anilines is 1. The Hall–Kier alpha value is -1.93. The zero-order valence-corrected chi connectivity index (χ0v) is 16.2. The molecule has 0 atom stereocenters. The van der Waals surface area contributed by atoms with Crippen molar-refractivity contribution < 1.29 is 13.2 Å². The maximum absolute atomic E-state index is 12.7. The van der Waals surface area contributed by atoms with Gasteiger partial charge >= 0.3 is 0 Å². The minimum Gasteiger partial charge on any atom is -0.344 e. The van der Waals surface area contributed by atoms with Crippen molar-refractivity contribution in [3.8, 4) is 0 Å². The summed E-state index contributed by atoms with van der Waals surface area (Å²) in [7, 11) is -0.481. The van der Waals surface area contributed by atoms with Crippen LogP contribution in [0.1, 0.15) is 32.1 Å². The zero-order valence-electron chi connectivity index (χ0n) is 14.6. The molecule has 0 saturated carbocycles. The lowest BCUT2D eigenvalue weighted by Crippen LogP contribution is -2.21. The van der Waals surface area contributed by atoms with Gasteiger partial charge in [-0.05, 0) is 38.8 Å². The second kappa shape index (κ2) is 6.52. The van der Waals surface area contributed by atoms with Gasteiger partial charge in [0.05, 0.1) is 10.6 Å². The van der Waals surface area contributed by atoms with Crippen molar-refractivity contribution in [1.29, 1.82) is 0 Å². The van der Waals surface area contributed by atoms with Crippen molar-refractivity contribution in [2.24, 2.45) is 0 Å². The number of rotatable bonds is 4. The van der Waals surface area contributed by atoms with E-state index in [9.17, 15) is 13.2 Å². The van der Waals surface area contributed by atoms with Crippen LogP contribution >= 0.6 is 11.3 Å². The Labute approximate surface area is 146 Å². The highest BCUT2D eigenvalue weighted by atomic mass is 32.2. The molecule has 0 saturated heterocycles. The summed E-state index contributed by atoms with van der Waals surface area (Å²) in [5, 5.41) is 0.192. The van der Waals surface area contributed by atoms with Crippen LogP contribution in [0, 0.1) is 27.7 Å². The number of sulfonamides is 1. The van der Waals surface area contributed by atoms with Gasteiger partial charge < -0.3 is 4.90 Å². The van der Waals surface area contributed by atoms with Crippen molar-refractivity contribution in [3.05, 3.63) is 39.4 Å². The summed E-state index contributed by atoms with van der Waals surface area (Å²) in [4.78, 5) is 18.4. The summed E-state index contributed by atoms with van der Waals surface area (Å²) in [6.45, 7) is 7.14. The van der Waals surface area contributed by atoms with Crippen LogP contribution < -0.4 is 4.72 Å². The molecule has 0 fully saturated rings. The van der Waals surface area contributed by atoms with Gasteiger partial charge in [-0.3, -0.25) is 9.52 Å². The van der Waals surface area contributed by atoms with Gasteiger partial charge in [0.1, 0.15) is 4.88 Å². The summed E-state index contributed by atoms with van der Waals surface area (Å²) >= 11 is 1.04.